The van der Waals surface area contributed by atoms with Crippen molar-refractivity contribution in [2.24, 2.45) is 0 Å². The second kappa shape index (κ2) is 4.15. The molecule has 0 amide bonds. The van der Waals surface area contributed by atoms with Crippen molar-refractivity contribution in [3.05, 3.63) is 72.8 Å². The van der Waals surface area contributed by atoms with Gasteiger partial charge in [0.25, 0.3) is 0 Å². The smallest absolute Gasteiger partial charge is 0.00990 e. The average molecular weight is 230 g/mol. The van der Waals surface area contributed by atoms with Crippen molar-refractivity contribution in [2.75, 3.05) is 0 Å². The van der Waals surface area contributed by atoms with E-state index < -0.39 is 0 Å². The molecule has 0 nitrogen and oxygen atoms in total. The molecule has 0 aliphatic carbocycles. The molecule has 0 aliphatic rings. The van der Waals surface area contributed by atoms with Gasteiger partial charge in [0.1, 0.15) is 0 Å². The van der Waals surface area contributed by atoms with E-state index in [9.17, 15) is 0 Å². The Morgan fingerprint density at radius 1 is 0.667 bits per heavy atom. The summed E-state index contributed by atoms with van der Waals surface area (Å²) in [7, 11) is 0. The number of rotatable bonds is 2. The third-order valence-corrected chi connectivity index (χ3v) is 3.43. The van der Waals surface area contributed by atoms with E-state index in [1.807, 2.05) is 12.2 Å². The van der Waals surface area contributed by atoms with Crippen LogP contribution in [0.15, 0.2) is 61.7 Å². The maximum Gasteiger partial charge on any atom is -0.00990 e. The van der Waals surface area contributed by atoms with Crippen molar-refractivity contribution >= 4 is 33.7 Å². The fraction of sp³-hybridized carbons (Fsp3) is 0. The SMILES string of the molecule is C=Cc1ccc2c(ccc3ccccc32)c1C=C. The number of benzene rings is 3. The highest BCUT2D eigenvalue weighted by atomic mass is 14.1. The summed E-state index contributed by atoms with van der Waals surface area (Å²) in [6, 6.07) is 17.1. The van der Waals surface area contributed by atoms with Gasteiger partial charge in [-0.15, -0.1) is 0 Å². The van der Waals surface area contributed by atoms with Gasteiger partial charge in [-0.3, -0.25) is 0 Å². The fourth-order valence-electron chi connectivity index (χ4n) is 2.53. The lowest BCUT2D eigenvalue weighted by atomic mass is 9.95. The predicted octanol–water partition coefficient (Wildman–Crippen LogP) is 5.28. The Kier molecular flexibility index (Phi) is 2.49. The second-order valence-corrected chi connectivity index (χ2v) is 4.36. The van der Waals surface area contributed by atoms with Crippen LogP contribution in [0.3, 0.4) is 0 Å². The minimum Gasteiger partial charge on any atom is -0.0984 e. The molecule has 0 saturated heterocycles. The lowest BCUT2D eigenvalue weighted by Crippen LogP contribution is -1.85. The Hall–Kier alpha value is -2.34. The van der Waals surface area contributed by atoms with E-state index in [2.05, 4.69) is 61.7 Å². The van der Waals surface area contributed by atoms with Crippen molar-refractivity contribution in [2.45, 2.75) is 0 Å². The lowest BCUT2D eigenvalue weighted by molar-refractivity contribution is 1.69. The largest absolute Gasteiger partial charge is 0.0984 e. The summed E-state index contributed by atoms with van der Waals surface area (Å²) in [4.78, 5) is 0. The topological polar surface area (TPSA) is 0 Å². The molecule has 0 N–H and O–H groups in total. The van der Waals surface area contributed by atoms with Crippen molar-refractivity contribution in [1.29, 1.82) is 0 Å². The summed E-state index contributed by atoms with van der Waals surface area (Å²) in [6.45, 7) is 7.78. The molecule has 0 fully saturated rings. The molecule has 0 spiro atoms. The van der Waals surface area contributed by atoms with E-state index in [0.717, 1.165) is 11.1 Å². The van der Waals surface area contributed by atoms with Crippen LogP contribution >= 0.6 is 0 Å². The van der Waals surface area contributed by atoms with Gasteiger partial charge in [-0.2, -0.15) is 0 Å². The van der Waals surface area contributed by atoms with Crippen LogP contribution in [0.1, 0.15) is 11.1 Å². The lowest BCUT2D eigenvalue weighted by Gasteiger charge is -2.09. The molecular formula is C18H14. The van der Waals surface area contributed by atoms with Crippen LogP contribution < -0.4 is 0 Å². The Bertz CT molecular complexity index is 763. The van der Waals surface area contributed by atoms with Gasteiger partial charge in [-0.05, 0) is 32.7 Å². The van der Waals surface area contributed by atoms with Crippen LogP contribution in [-0.4, -0.2) is 0 Å². The standard InChI is InChI=1S/C18H14/c1-3-13-9-11-18-16-8-6-5-7-14(16)10-12-17(18)15(13)4-2/h3-12H,1-2H2. The van der Waals surface area contributed by atoms with Crippen LogP contribution in [0.4, 0.5) is 0 Å². The number of hydrogen-bond donors (Lipinski definition) is 0. The third-order valence-electron chi connectivity index (χ3n) is 3.43. The summed E-state index contributed by atoms with van der Waals surface area (Å²) >= 11 is 0. The summed E-state index contributed by atoms with van der Waals surface area (Å²) < 4.78 is 0. The first-order valence-corrected chi connectivity index (χ1v) is 6.04. The number of fused-ring (bicyclic) bond motifs is 3. The molecular weight excluding hydrogens is 216 g/mol. The molecule has 0 bridgehead atoms. The molecule has 0 radical (unpaired) electrons. The quantitative estimate of drug-likeness (QED) is 0.525. The van der Waals surface area contributed by atoms with Crippen LogP contribution in [-0.2, 0) is 0 Å². The van der Waals surface area contributed by atoms with E-state index in [4.69, 9.17) is 0 Å². The molecule has 0 saturated carbocycles. The molecule has 0 aliphatic heterocycles. The molecule has 0 heteroatoms. The summed E-state index contributed by atoms with van der Waals surface area (Å²) in [6.07, 6.45) is 3.79. The minimum absolute atomic E-state index is 1.13. The Labute approximate surface area is 107 Å². The molecule has 3 aromatic rings. The molecule has 18 heavy (non-hydrogen) atoms. The molecule has 0 atom stereocenters. The number of hydrogen-bond acceptors (Lipinski definition) is 0. The Morgan fingerprint density at radius 3 is 2.22 bits per heavy atom. The maximum atomic E-state index is 3.92. The molecule has 3 rings (SSSR count). The predicted molar refractivity (Wildman–Crippen MR) is 81.6 cm³/mol. The van der Waals surface area contributed by atoms with Crippen molar-refractivity contribution in [3.63, 3.8) is 0 Å². The summed E-state index contributed by atoms with van der Waals surface area (Å²) in [5, 5.41) is 5.06. The van der Waals surface area contributed by atoms with Gasteiger partial charge in [0.15, 0.2) is 0 Å². The maximum absolute atomic E-state index is 3.92. The van der Waals surface area contributed by atoms with Gasteiger partial charge in [0.05, 0.1) is 0 Å². The van der Waals surface area contributed by atoms with Crippen LogP contribution in [0.2, 0.25) is 0 Å². The zero-order valence-electron chi connectivity index (χ0n) is 10.2. The van der Waals surface area contributed by atoms with E-state index in [1.54, 1.807) is 0 Å². The van der Waals surface area contributed by atoms with Crippen molar-refractivity contribution in [1.82, 2.24) is 0 Å². The molecule has 3 aromatic carbocycles. The summed E-state index contributed by atoms with van der Waals surface area (Å²) in [5.41, 5.74) is 2.29. The highest BCUT2D eigenvalue weighted by Crippen LogP contribution is 2.30. The molecule has 0 unspecified atom stereocenters. The Morgan fingerprint density at radius 2 is 1.44 bits per heavy atom. The summed E-state index contributed by atoms with van der Waals surface area (Å²) in [5.74, 6) is 0. The minimum atomic E-state index is 1.13. The van der Waals surface area contributed by atoms with Gasteiger partial charge in [-0.25, -0.2) is 0 Å². The van der Waals surface area contributed by atoms with Gasteiger partial charge in [-0.1, -0.05) is 73.8 Å². The zero-order valence-corrected chi connectivity index (χ0v) is 10.2. The van der Waals surface area contributed by atoms with Gasteiger partial charge in [0, 0.05) is 0 Å². The van der Waals surface area contributed by atoms with Crippen LogP contribution in [0, 0.1) is 0 Å². The average Bonchev–Trinajstić information content (AvgIpc) is 2.45. The highest BCUT2D eigenvalue weighted by Gasteiger charge is 2.05. The third kappa shape index (κ3) is 1.46. The highest BCUT2D eigenvalue weighted by molar-refractivity contribution is 6.10. The van der Waals surface area contributed by atoms with Crippen LogP contribution in [0.25, 0.3) is 33.7 Å². The normalized spacial score (nSPS) is 10.7. The van der Waals surface area contributed by atoms with Crippen molar-refractivity contribution < 1.29 is 0 Å². The van der Waals surface area contributed by atoms with E-state index in [0.29, 0.717) is 0 Å². The van der Waals surface area contributed by atoms with Gasteiger partial charge in [0.2, 0.25) is 0 Å². The van der Waals surface area contributed by atoms with E-state index >= 15 is 0 Å². The fourth-order valence-corrected chi connectivity index (χ4v) is 2.53. The zero-order chi connectivity index (χ0) is 12.5. The van der Waals surface area contributed by atoms with Crippen molar-refractivity contribution in [3.8, 4) is 0 Å². The molecule has 0 heterocycles. The van der Waals surface area contributed by atoms with Crippen LogP contribution in [0.5, 0.6) is 0 Å². The van der Waals surface area contributed by atoms with Gasteiger partial charge >= 0.3 is 0 Å². The molecule has 0 aromatic heterocycles. The second-order valence-electron chi connectivity index (χ2n) is 4.36. The van der Waals surface area contributed by atoms with E-state index in [-0.39, 0.29) is 0 Å². The first kappa shape index (κ1) is 10.8. The Balaban J connectivity index is 2.54. The molecule has 86 valence electrons. The van der Waals surface area contributed by atoms with E-state index in [1.165, 1.54) is 21.5 Å². The van der Waals surface area contributed by atoms with Gasteiger partial charge < -0.3 is 0 Å². The first-order chi connectivity index (χ1) is 8.85. The monoisotopic (exact) mass is 230 g/mol. The first-order valence-electron chi connectivity index (χ1n) is 6.04.